The third-order valence-electron chi connectivity index (χ3n) is 3.38. The van der Waals surface area contributed by atoms with Crippen LogP contribution >= 0.6 is 11.3 Å². The largest absolute Gasteiger partial charge is 0.310 e. The number of rotatable bonds is 3. The second kappa shape index (κ2) is 5.89. The molecule has 0 bridgehead atoms. The van der Waals surface area contributed by atoms with Gasteiger partial charge in [0.2, 0.25) is 5.91 Å². The van der Waals surface area contributed by atoms with Gasteiger partial charge in [-0.25, -0.2) is 4.98 Å². The molecule has 7 heteroatoms. The topological polar surface area (TPSA) is 81.9 Å². The van der Waals surface area contributed by atoms with E-state index in [4.69, 9.17) is 5.26 Å². The van der Waals surface area contributed by atoms with Gasteiger partial charge in [0.05, 0.1) is 10.8 Å². The fourth-order valence-corrected chi connectivity index (χ4v) is 3.06. The smallest absolute Gasteiger partial charge is 0.231 e. The van der Waals surface area contributed by atoms with E-state index in [9.17, 15) is 4.79 Å². The summed E-state index contributed by atoms with van der Waals surface area (Å²) in [7, 11) is 0. The summed E-state index contributed by atoms with van der Waals surface area (Å²) in [6.45, 7) is 1.14. The van der Waals surface area contributed by atoms with Gasteiger partial charge in [-0.1, -0.05) is 17.4 Å². The fraction of sp³-hybridized carbons (Fsp3) is 0.286. The van der Waals surface area contributed by atoms with Crippen molar-refractivity contribution in [1.29, 1.82) is 5.26 Å². The number of nitriles is 1. The molecule has 1 atom stereocenters. The summed E-state index contributed by atoms with van der Waals surface area (Å²) in [5, 5.41) is 12.2. The van der Waals surface area contributed by atoms with Crippen molar-refractivity contribution in [3.05, 3.63) is 30.7 Å². The Bertz CT molecular complexity index is 678. The molecule has 1 aliphatic rings. The van der Waals surface area contributed by atoms with Crippen molar-refractivity contribution in [2.75, 3.05) is 18.4 Å². The summed E-state index contributed by atoms with van der Waals surface area (Å²) in [5.41, 5.74) is 0.979. The summed E-state index contributed by atoms with van der Waals surface area (Å²) in [5.74, 6) is -0.213. The van der Waals surface area contributed by atoms with E-state index in [1.165, 1.54) is 11.3 Å². The molecule has 106 valence electrons. The van der Waals surface area contributed by atoms with Crippen LogP contribution in [0.1, 0.15) is 6.42 Å². The summed E-state index contributed by atoms with van der Waals surface area (Å²) < 4.78 is 0. The van der Waals surface area contributed by atoms with Crippen LogP contribution in [0.15, 0.2) is 30.7 Å². The van der Waals surface area contributed by atoms with Crippen LogP contribution in [0.4, 0.5) is 5.13 Å². The maximum Gasteiger partial charge on any atom is 0.231 e. The normalized spacial score (nSPS) is 17.5. The van der Waals surface area contributed by atoms with Crippen molar-refractivity contribution in [2.24, 2.45) is 5.92 Å². The highest BCUT2D eigenvalue weighted by atomic mass is 32.1. The Labute approximate surface area is 126 Å². The number of likely N-dealkylation sites (tertiary alicyclic amines) is 1. The van der Waals surface area contributed by atoms with Crippen molar-refractivity contribution in [3.8, 4) is 16.6 Å². The van der Waals surface area contributed by atoms with Gasteiger partial charge in [-0.05, 0) is 12.5 Å². The number of hydrogen-bond acceptors (Lipinski definition) is 6. The minimum Gasteiger partial charge on any atom is -0.310 e. The second-order valence-electron chi connectivity index (χ2n) is 4.79. The highest BCUT2D eigenvalue weighted by molar-refractivity contribution is 7.19. The molecule has 6 nitrogen and oxygen atoms in total. The van der Waals surface area contributed by atoms with Crippen molar-refractivity contribution < 1.29 is 4.79 Å². The van der Waals surface area contributed by atoms with E-state index in [2.05, 4.69) is 21.5 Å². The third-order valence-corrected chi connectivity index (χ3v) is 4.34. The molecule has 21 heavy (non-hydrogen) atoms. The van der Waals surface area contributed by atoms with Gasteiger partial charge in [-0.2, -0.15) is 5.26 Å². The Kier molecular flexibility index (Phi) is 3.79. The van der Waals surface area contributed by atoms with Crippen LogP contribution in [0.5, 0.6) is 0 Å². The Hall–Kier alpha value is -2.46. The number of pyridine rings is 1. The number of anilines is 1. The first-order chi connectivity index (χ1) is 10.3. The molecular weight excluding hydrogens is 286 g/mol. The van der Waals surface area contributed by atoms with E-state index in [0.29, 0.717) is 24.6 Å². The van der Waals surface area contributed by atoms with Crippen LogP contribution in [0.25, 0.3) is 10.4 Å². The second-order valence-corrected chi connectivity index (χ2v) is 5.82. The molecule has 3 heterocycles. The van der Waals surface area contributed by atoms with Crippen LogP contribution in [-0.4, -0.2) is 33.9 Å². The predicted molar refractivity (Wildman–Crippen MR) is 79.3 cm³/mol. The average Bonchev–Trinajstić information content (AvgIpc) is 3.17. The van der Waals surface area contributed by atoms with Gasteiger partial charge < -0.3 is 10.2 Å². The molecule has 0 radical (unpaired) electrons. The summed E-state index contributed by atoms with van der Waals surface area (Å²) in [6, 6.07) is 3.82. The van der Waals surface area contributed by atoms with E-state index in [1.54, 1.807) is 23.5 Å². The van der Waals surface area contributed by atoms with Crippen LogP contribution in [0.2, 0.25) is 0 Å². The minimum absolute atomic E-state index is 0.0696. The van der Waals surface area contributed by atoms with E-state index in [-0.39, 0.29) is 11.8 Å². The van der Waals surface area contributed by atoms with Gasteiger partial charge in [0.25, 0.3) is 0 Å². The number of aromatic nitrogens is 2. The number of thiazole rings is 1. The SMILES string of the molecule is N#CN1CC[C@H](C(=O)Nc2ncc(-c3cccnc3)s2)C1. The highest BCUT2D eigenvalue weighted by Crippen LogP contribution is 2.28. The monoisotopic (exact) mass is 299 g/mol. The maximum atomic E-state index is 12.1. The predicted octanol–water partition coefficient (Wildman–Crippen LogP) is 1.95. The first kappa shape index (κ1) is 13.5. The zero-order valence-electron chi connectivity index (χ0n) is 11.2. The quantitative estimate of drug-likeness (QED) is 0.876. The third kappa shape index (κ3) is 3.01. The summed E-state index contributed by atoms with van der Waals surface area (Å²) in [4.78, 5) is 23.0. The van der Waals surface area contributed by atoms with Crippen molar-refractivity contribution >= 4 is 22.4 Å². The zero-order chi connectivity index (χ0) is 14.7. The fourth-order valence-electron chi connectivity index (χ4n) is 2.25. The van der Waals surface area contributed by atoms with Crippen molar-refractivity contribution in [2.45, 2.75) is 6.42 Å². The Morgan fingerprint density at radius 3 is 3.14 bits per heavy atom. The first-order valence-electron chi connectivity index (χ1n) is 6.58. The molecule has 1 fully saturated rings. The summed E-state index contributed by atoms with van der Waals surface area (Å²) in [6.07, 6.45) is 7.99. The number of nitrogens with zero attached hydrogens (tertiary/aromatic N) is 4. The molecule has 1 saturated heterocycles. The molecule has 0 unspecified atom stereocenters. The van der Waals surface area contributed by atoms with E-state index >= 15 is 0 Å². The molecule has 3 rings (SSSR count). The molecule has 2 aromatic heterocycles. The Balaban J connectivity index is 1.65. The molecule has 1 N–H and O–H groups in total. The first-order valence-corrected chi connectivity index (χ1v) is 7.39. The van der Waals surface area contributed by atoms with Gasteiger partial charge in [-0.15, -0.1) is 0 Å². The zero-order valence-corrected chi connectivity index (χ0v) is 12.0. The van der Waals surface area contributed by atoms with Gasteiger partial charge in [0.15, 0.2) is 11.3 Å². The Morgan fingerprint density at radius 2 is 2.43 bits per heavy atom. The molecule has 2 aromatic rings. The molecule has 0 aliphatic carbocycles. The lowest BCUT2D eigenvalue weighted by Gasteiger charge is -2.08. The van der Waals surface area contributed by atoms with Gasteiger partial charge >= 0.3 is 0 Å². The van der Waals surface area contributed by atoms with E-state index < -0.39 is 0 Å². The number of amides is 1. The lowest BCUT2D eigenvalue weighted by molar-refractivity contribution is -0.119. The van der Waals surface area contributed by atoms with E-state index in [1.807, 2.05) is 12.1 Å². The highest BCUT2D eigenvalue weighted by Gasteiger charge is 2.28. The molecular formula is C14H13N5OS. The lowest BCUT2D eigenvalue weighted by Crippen LogP contribution is -2.25. The molecule has 0 spiro atoms. The van der Waals surface area contributed by atoms with Crippen LogP contribution in [0, 0.1) is 17.4 Å². The van der Waals surface area contributed by atoms with Crippen molar-refractivity contribution in [1.82, 2.24) is 14.9 Å². The van der Waals surface area contributed by atoms with Gasteiger partial charge in [-0.3, -0.25) is 9.78 Å². The molecule has 1 aliphatic heterocycles. The Morgan fingerprint density at radius 1 is 1.52 bits per heavy atom. The van der Waals surface area contributed by atoms with E-state index in [0.717, 1.165) is 10.4 Å². The minimum atomic E-state index is -0.143. The number of carbonyl (C=O) groups is 1. The lowest BCUT2D eigenvalue weighted by atomic mass is 10.1. The molecule has 0 saturated carbocycles. The summed E-state index contributed by atoms with van der Waals surface area (Å²) >= 11 is 1.42. The van der Waals surface area contributed by atoms with Crippen LogP contribution < -0.4 is 5.32 Å². The number of hydrogen-bond donors (Lipinski definition) is 1. The van der Waals surface area contributed by atoms with Gasteiger partial charge in [0, 0.05) is 37.2 Å². The molecule has 1 amide bonds. The maximum absolute atomic E-state index is 12.1. The van der Waals surface area contributed by atoms with Gasteiger partial charge in [0.1, 0.15) is 0 Å². The van der Waals surface area contributed by atoms with Crippen LogP contribution in [-0.2, 0) is 4.79 Å². The van der Waals surface area contributed by atoms with Crippen molar-refractivity contribution in [3.63, 3.8) is 0 Å². The van der Waals surface area contributed by atoms with Crippen LogP contribution in [0.3, 0.4) is 0 Å². The molecule has 0 aromatic carbocycles. The number of nitrogens with one attached hydrogen (secondary N) is 1. The number of carbonyl (C=O) groups excluding carboxylic acids is 1. The average molecular weight is 299 g/mol. The standard InChI is InChI=1S/C14H13N5OS/c15-9-19-5-3-11(8-19)13(20)18-14-17-7-12(21-14)10-2-1-4-16-6-10/h1-2,4,6-7,11H,3,5,8H2,(H,17,18,20)/t11-/m0/s1.